The number of sulfonamides is 1. The Morgan fingerprint density at radius 3 is 2.71 bits per heavy atom. The molecule has 5 nitrogen and oxygen atoms in total. The second kappa shape index (κ2) is 3.96. The zero-order valence-electron chi connectivity index (χ0n) is 10.0. The van der Waals surface area contributed by atoms with Gasteiger partial charge < -0.3 is 5.73 Å². The van der Waals surface area contributed by atoms with Crippen molar-refractivity contribution < 1.29 is 8.42 Å². The largest absolute Gasteiger partial charge is 0.383 e. The Hall–Kier alpha value is -1.14. The van der Waals surface area contributed by atoms with Crippen LogP contribution in [0.5, 0.6) is 0 Å². The molecule has 1 aromatic heterocycles. The van der Waals surface area contributed by atoms with Gasteiger partial charge in [-0.25, -0.2) is 13.4 Å². The predicted octanol–water partition coefficient (Wildman–Crippen LogP) is 1.08. The Kier molecular flexibility index (Phi) is 2.87. The average molecular weight is 255 g/mol. The maximum absolute atomic E-state index is 12.3. The Bertz CT molecular complexity index is 525. The molecule has 1 aliphatic rings. The van der Waals surface area contributed by atoms with Crippen LogP contribution >= 0.6 is 0 Å². The van der Waals surface area contributed by atoms with Crippen molar-refractivity contribution in [2.45, 2.75) is 25.2 Å². The quantitative estimate of drug-likeness (QED) is 0.858. The molecular formula is C11H17N3O2S. The number of hydrogen-bond acceptors (Lipinski definition) is 4. The summed E-state index contributed by atoms with van der Waals surface area (Å²) >= 11 is 0. The van der Waals surface area contributed by atoms with Crippen molar-refractivity contribution in [3.05, 3.63) is 18.3 Å². The highest BCUT2D eigenvalue weighted by Gasteiger charge is 2.37. The van der Waals surface area contributed by atoms with Crippen molar-refractivity contribution in [1.82, 2.24) is 9.29 Å². The minimum Gasteiger partial charge on any atom is -0.383 e. The average Bonchev–Trinajstić information content (AvgIpc) is 2.60. The highest BCUT2D eigenvalue weighted by molar-refractivity contribution is 7.89. The smallest absolute Gasteiger partial charge is 0.246 e. The molecule has 0 amide bonds. The standard InChI is InChI=1S/C11H17N3O2S/c1-11(2)5-7-14(8-11)17(15,16)9-4-3-6-13-10(9)12/h3-4,6H,5,7-8H2,1-2H3,(H2,12,13). The molecule has 0 unspecified atom stereocenters. The fourth-order valence-corrected chi connectivity index (χ4v) is 3.72. The van der Waals surface area contributed by atoms with Crippen LogP contribution in [0.25, 0.3) is 0 Å². The SMILES string of the molecule is CC1(C)CCN(S(=O)(=O)c2cccnc2N)C1. The molecule has 0 saturated carbocycles. The van der Waals surface area contributed by atoms with Crippen LogP contribution < -0.4 is 5.73 Å². The lowest BCUT2D eigenvalue weighted by atomic mass is 9.93. The number of nitrogens with zero attached hydrogens (tertiary/aromatic N) is 2. The molecule has 1 aromatic rings. The molecule has 6 heteroatoms. The van der Waals surface area contributed by atoms with Gasteiger partial charge in [-0.1, -0.05) is 13.8 Å². The lowest BCUT2D eigenvalue weighted by Gasteiger charge is -2.20. The number of aromatic nitrogens is 1. The first kappa shape index (κ1) is 12.3. The van der Waals surface area contributed by atoms with Gasteiger partial charge in [-0.05, 0) is 24.0 Å². The molecule has 1 fully saturated rings. The van der Waals surface area contributed by atoms with Crippen LogP contribution in [0.1, 0.15) is 20.3 Å². The zero-order chi connectivity index (χ0) is 12.7. The highest BCUT2D eigenvalue weighted by atomic mass is 32.2. The number of nitrogens with two attached hydrogens (primary N) is 1. The summed E-state index contributed by atoms with van der Waals surface area (Å²) in [7, 11) is -3.49. The normalized spacial score (nSPS) is 20.6. The summed E-state index contributed by atoms with van der Waals surface area (Å²) in [5, 5.41) is 0. The van der Waals surface area contributed by atoms with Gasteiger partial charge in [0, 0.05) is 19.3 Å². The third-order valence-electron chi connectivity index (χ3n) is 3.06. The van der Waals surface area contributed by atoms with Crippen molar-refractivity contribution in [2.75, 3.05) is 18.8 Å². The zero-order valence-corrected chi connectivity index (χ0v) is 10.9. The Morgan fingerprint density at radius 2 is 2.18 bits per heavy atom. The molecule has 2 N–H and O–H groups in total. The first-order valence-electron chi connectivity index (χ1n) is 5.54. The van der Waals surface area contributed by atoms with Gasteiger partial charge in [-0.3, -0.25) is 0 Å². The summed E-state index contributed by atoms with van der Waals surface area (Å²) in [6.45, 7) is 5.21. The molecular weight excluding hydrogens is 238 g/mol. The van der Waals surface area contributed by atoms with Gasteiger partial charge in [0.25, 0.3) is 0 Å². The second-order valence-electron chi connectivity index (χ2n) is 5.14. The van der Waals surface area contributed by atoms with E-state index in [0.717, 1.165) is 6.42 Å². The van der Waals surface area contributed by atoms with E-state index in [1.807, 2.05) is 0 Å². The lowest BCUT2D eigenvalue weighted by molar-refractivity contribution is 0.375. The van der Waals surface area contributed by atoms with Crippen LogP contribution in [-0.2, 0) is 10.0 Å². The maximum Gasteiger partial charge on any atom is 0.246 e. The molecule has 0 atom stereocenters. The monoisotopic (exact) mass is 255 g/mol. The van der Waals surface area contributed by atoms with E-state index in [4.69, 9.17) is 5.73 Å². The summed E-state index contributed by atoms with van der Waals surface area (Å²) in [5.41, 5.74) is 5.66. The molecule has 2 heterocycles. The molecule has 0 aliphatic carbocycles. The van der Waals surface area contributed by atoms with E-state index in [-0.39, 0.29) is 16.1 Å². The topological polar surface area (TPSA) is 76.3 Å². The Labute approximate surface area is 102 Å². The third-order valence-corrected chi connectivity index (χ3v) is 4.95. The van der Waals surface area contributed by atoms with Crippen molar-refractivity contribution in [2.24, 2.45) is 5.41 Å². The number of anilines is 1. The Morgan fingerprint density at radius 1 is 1.47 bits per heavy atom. The van der Waals surface area contributed by atoms with E-state index in [9.17, 15) is 8.42 Å². The van der Waals surface area contributed by atoms with Crippen LogP contribution in [0.4, 0.5) is 5.82 Å². The van der Waals surface area contributed by atoms with E-state index >= 15 is 0 Å². The van der Waals surface area contributed by atoms with Gasteiger partial charge in [0.1, 0.15) is 10.7 Å². The summed E-state index contributed by atoms with van der Waals surface area (Å²) in [4.78, 5) is 3.93. The van der Waals surface area contributed by atoms with E-state index < -0.39 is 10.0 Å². The van der Waals surface area contributed by atoms with Gasteiger partial charge in [-0.2, -0.15) is 4.31 Å². The van der Waals surface area contributed by atoms with Gasteiger partial charge in [0.05, 0.1) is 0 Å². The number of nitrogen functional groups attached to an aromatic ring is 1. The van der Waals surface area contributed by atoms with Crippen LogP contribution in [0, 0.1) is 5.41 Å². The molecule has 0 spiro atoms. The van der Waals surface area contributed by atoms with Crippen molar-refractivity contribution in [3.8, 4) is 0 Å². The minimum atomic E-state index is -3.49. The van der Waals surface area contributed by atoms with Gasteiger partial charge >= 0.3 is 0 Å². The molecule has 0 aromatic carbocycles. The van der Waals surface area contributed by atoms with Crippen molar-refractivity contribution in [1.29, 1.82) is 0 Å². The predicted molar refractivity (Wildman–Crippen MR) is 65.8 cm³/mol. The number of rotatable bonds is 2. The minimum absolute atomic E-state index is 0.0318. The van der Waals surface area contributed by atoms with E-state index in [2.05, 4.69) is 18.8 Å². The third kappa shape index (κ3) is 2.28. The maximum atomic E-state index is 12.3. The lowest BCUT2D eigenvalue weighted by Crippen LogP contribution is -2.31. The summed E-state index contributed by atoms with van der Waals surface area (Å²) < 4.78 is 26.2. The molecule has 1 aliphatic heterocycles. The van der Waals surface area contributed by atoms with Crippen LogP contribution in [0.3, 0.4) is 0 Å². The van der Waals surface area contributed by atoms with Gasteiger partial charge in [0.15, 0.2) is 0 Å². The van der Waals surface area contributed by atoms with Crippen molar-refractivity contribution >= 4 is 15.8 Å². The first-order chi connectivity index (χ1) is 7.83. The van der Waals surface area contributed by atoms with Crippen LogP contribution in [0.15, 0.2) is 23.2 Å². The molecule has 0 bridgehead atoms. The summed E-state index contributed by atoms with van der Waals surface area (Å²) in [5.74, 6) is 0.0669. The first-order valence-corrected chi connectivity index (χ1v) is 6.98. The second-order valence-corrected chi connectivity index (χ2v) is 7.05. The number of pyridine rings is 1. The fourth-order valence-electron chi connectivity index (χ4n) is 2.03. The summed E-state index contributed by atoms with van der Waals surface area (Å²) in [6, 6.07) is 3.09. The molecule has 17 heavy (non-hydrogen) atoms. The molecule has 0 radical (unpaired) electrons. The van der Waals surface area contributed by atoms with Gasteiger partial charge in [-0.15, -0.1) is 0 Å². The van der Waals surface area contributed by atoms with Gasteiger partial charge in [0.2, 0.25) is 10.0 Å². The van der Waals surface area contributed by atoms with Crippen LogP contribution in [0.2, 0.25) is 0 Å². The molecule has 94 valence electrons. The van der Waals surface area contributed by atoms with E-state index in [1.54, 1.807) is 6.07 Å². The molecule has 2 rings (SSSR count). The summed E-state index contributed by atoms with van der Waals surface area (Å²) in [6.07, 6.45) is 2.36. The number of hydrogen-bond donors (Lipinski definition) is 1. The van der Waals surface area contributed by atoms with E-state index in [0.29, 0.717) is 13.1 Å². The molecule has 1 saturated heterocycles. The van der Waals surface area contributed by atoms with Crippen LogP contribution in [-0.4, -0.2) is 30.8 Å². The van der Waals surface area contributed by atoms with Crippen molar-refractivity contribution in [3.63, 3.8) is 0 Å². The highest BCUT2D eigenvalue weighted by Crippen LogP contribution is 2.33. The fraction of sp³-hybridized carbons (Fsp3) is 0.545. The Balaban J connectivity index is 2.36. The van der Waals surface area contributed by atoms with E-state index in [1.165, 1.54) is 16.6 Å².